The predicted octanol–water partition coefficient (Wildman–Crippen LogP) is 0.284. The van der Waals surface area contributed by atoms with Crippen LogP contribution >= 0.6 is 0 Å². The fraction of sp³-hybridized carbons (Fsp3) is 0.273. The van der Waals surface area contributed by atoms with E-state index in [1.165, 1.54) is 11.0 Å². The molecule has 2 amide bonds. The molecular weight excluding hydrogens is 211 g/mol. The van der Waals surface area contributed by atoms with Gasteiger partial charge in [0.25, 0.3) is 0 Å². The number of piperazine rings is 1. The molecular formula is C11H11FN2O2. The van der Waals surface area contributed by atoms with Crippen LogP contribution in [0.1, 0.15) is 5.56 Å². The van der Waals surface area contributed by atoms with Crippen LogP contribution in [-0.2, 0) is 16.1 Å². The maximum atomic E-state index is 13.3. The van der Waals surface area contributed by atoms with E-state index in [1.807, 2.05) is 0 Å². The molecule has 84 valence electrons. The van der Waals surface area contributed by atoms with Crippen molar-refractivity contribution < 1.29 is 14.0 Å². The van der Waals surface area contributed by atoms with Crippen molar-refractivity contribution in [3.05, 3.63) is 35.6 Å². The van der Waals surface area contributed by atoms with E-state index in [2.05, 4.69) is 5.32 Å². The van der Waals surface area contributed by atoms with E-state index >= 15 is 0 Å². The molecule has 0 bridgehead atoms. The van der Waals surface area contributed by atoms with Crippen molar-refractivity contribution in [2.45, 2.75) is 6.54 Å². The number of benzene rings is 1. The average Bonchev–Trinajstić information content (AvgIpc) is 2.27. The maximum absolute atomic E-state index is 13.3. The maximum Gasteiger partial charge on any atom is 0.242 e. The third-order valence-corrected chi connectivity index (χ3v) is 2.44. The summed E-state index contributed by atoms with van der Waals surface area (Å²) in [5, 5.41) is 2.44. The molecule has 1 N–H and O–H groups in total. The molecule has 0 unspecified atom stereocenters. The van der Waals surface area contributed by atoms with E-state index in [0.29, 0.717) is 5.56 Å². The predicted molar refractivity (Wildman–Crippen MR) is 54.8 cm³/mol. The first kappa shape index (κ1) is 10.6. The summed E-state index contributed by atoms with van der Waals surface area (Å²) in [6.45, 7) is 0.124. The van der Waals surface area contributed by atoms with Gasteiger partial charge in [-0.25, -0.2) is 4.39 Å². The molecule has 0 aliphatic carbocycles. The molecule has 1 aromatic rings. The normalized spacial score (nSPS) is 16.2. The molecule has 1 fully saturated rings. The number of halogens is 1. The second-order valence-electron chi connectivity index (χ2n) is 3.62. The summed E-state index contributed by atoms with van der Waals surface area (Å²) in [5.74, 6) is -0.764. The molecule has 1 aliphatic heterocycles. The highest BCUT2D eigenvalue weighted by molar-refractivity contribution is 5.92. The van der Waals surface area contributed by atoms with Gasteiger partial charge in [0, 0.05) is 12.1 Å². The van der Waals surface area contributed by atoms with E-state index in [9.17, 15) is 14.0 Å². The quantitative estimate of drug-likeness (QED) is 0.781. The number of carbonyl (C=O) groups is 2. The lowest BCUT2D eigenvalue weighted by Crippen LogP contribution is -2.51. The number of carbonyl (C=O) groups excluding carboxylic acids is 2. The van der Waals surface area contributed by atoms with Crippen molar-refractivity contribution in [2.75, 3.05) is 13.1 Å². The molecule has 4 nitrogen and oxygen atoms in total. The Kier molecular flexibility index (Phi) is 2.85. The Balaban J connectivity index is 2.12. The minimum atomic E-state index is -0.360. The molecule has 1 aliphatic rings. The van der Waals surface area contributed by atoms with Crippen LogP contribution in [0.5, 0.6) is 0 Å². The van der Waals surface area contributed by atoms with Gasteiger partial charge in [0.15, 0.2) is 0 Å². The van der Waals surface area contributed by atoms with Crippen LogP contribution in [0.25, 0.3) is 0 Å². The molecule has 2 rings (SSSR count). The number of rotatable bonds is 2. The number of amides is 2. The molecule has 16 heavy (non-hydrogen) atoms. The fourth-order valence-corrected chi connectivity index (χ4v) is 1.58. The Hall–Kier alpha value is -1.91. The first-order valence-corrected chi connectivity index (χ1v) is 4.94. The van der Waals surface area contributed by atoms with Gasteiger partial charge in [-0.2, -0.15) is 0 Å². The zero-order valence-electron chi connectivity index (χ0n) is 8.57. The van der Waals surface area contributed by atoms with Crippen LogP contribution in [-0.4, -0.2) is 29.8 Å². The van der Waals surface area contributed by atoms with Gasteiger partial charge in [-0.1, -0.05) is 18.2 Å². The van der Waals surface area contributed by atoms with Gasteiger partial charge < -0.3 is 10.2 Å². The largest absolute Gasteiger partial charge is 0.345 e. The molecule has 0 atom stereocenters. The molecule has 1 heterocycles. The minimum Gasteiger partial charge on any atom is -0.345 e. The Labute approximate surface area is 92.0 Å². The van der Waals surface area contributed by atoms with Gasteiger partial charge in [0.1, 0.15) is 5.82 Å². The van der Waals surface area contributed by atoms with Gasteiger partial charge in [0.2, 0.25) is 11.8 Å². The lowest BCUT2D eigenvalue weighted by molar-refractivity contribution is -0.141. The van der Waals surface area contributed by atoms with Crippen LogP contribution in [0.4, 0.5) is 4.39 Å². The van der Waals surface area contributed by atoms with Gasteiger partial charge in [-0.05, 0) is 6.07 Å². The summed E-state index contributed by atoms with van der Waals surface area (Å²) in [4.78, 5) is 23.9. The summed E-state index contributed by atoms with van der Waals surface area (Å²) in [6.07, 6.45) is 0. The van der Waals surface area contributed by atoms with E-state index in [-0.39, 0.29) is 37.3 Å². The zero-order chi connectivity index (χ0) is 11.5. The third-order valence-electron chi connectivity index (χ3n) is 2.44. The van der Waals surface area contributed by atoms with Crippen molar-refractivity contribution >= 4 is 11.8 Å². The van der Waals surface area contributed by atoms with Gasteiger partial charge in [-0.15, -0.1) is 0 Å². The minimum absolute atomic E-state index is 0.00666. The van der Waals surface area contributed by atoms with Crippen molar-refractivity contribution in [3.63, 3.8) is 0 Å². The van der Waals surface area contributed by atoms with E-state index in [4.69, 9.17) is 0 Å². The Morgan fingerprint density at radius 1 is 1.31 bits per heavy atom. The molecule has 1 aromatic carbocycles. The highest BCUT2D eigenvalue weighted by Gasteiger charge is 2.23. The number of hydrogen-bond acceptors (Lipinski definition) is 2. The lowest BCUT2D eigenvalue weighted by atomic mass is 10.2. The van der Waals surface area contributed by atoms with Gasteiger partial charge in [-0.3, -0.25) is 9.59 Å². The standard InChI is InChI=1S/C11H11FN2O2/c12-9-4-2-1-3-8(9)6-14-7-10(15)13-5-11(14)16/h1-4H,5-7H2,(H,13,15). The second-order valence-corrected chi connectivity index (χ2v) is 3.62. The van der Waals surface area contributed by atoms with Crippen molar-refractivity contribution in [3.8, 4) is 0 Å². The van der Waals surface area contributed by atoms with Gasteiger partial charge >= 0.3 is 0 Å². The molecule has 1 saturated heterocycles. The number of hydrogen-bond donors (Lipinski definition) is 1. The van der Waals surface area contributed by atoms with Crippen molar-refractivity contribution in [2.24, 2.45) is 0 Å². The summed E-state index contributed by atoms with van der Waals surface area (Å²) < 4.78 is 13.3. The smallest absolute Gasteiger partial charge is 0.242 e. The number of nitrogens with zero attached hydrogens (tertiary/aromatic N) is 1. The molecule has 5 heteroatoms. The molecule has 0 aromatic heterocycles. The van der Waals surface area contributed by atoms with E-state index < -0.39 is 0 Å². The van der Waals surface area contributed by atoms with Crippen molar-refractivity contribution in [1.29, 1.82) is 0 Å². The summed E-state index contributed by atoms with van der Waals surface area (Å²) in [7, 11) is 0. The summed E-state index contributed by atoms with van der Waals surface area (Å²) in [5.41, 5.74) is 0.422. The van der Waals surface area contributed by atoms with E-state index in [1.54, 1.807) is 18.2 Å². The first-order chi connectivity index (χ1) is 7.66. The average molecular weight is 222 g/mol. The van der Waals surface area contributed by atoms with Crippen LogP contribution in [0.15, 0.2) is 24.3 Å². The van der Waals surface area contributed by atoms with Gasteiger partial charge in [0.05, 0.1) is 13.1 Å². The Bertz CT molecular complexity index is 434. The second kappa shape index (κ2) is 4.30. The molecule has 0 saturated carbocycles. The number of nitrogens with one attached hydrogen (secondary N) is 1. The van der Waals surface area contributed by atoms with Crippen LogP contribution in [0.3, 0.4) is 0 Å². The summed E-state index contributed by atoms with van der Waals surface area (Å²) >= 11 is 0. The summed E-state index contributed by atoms with van der Waals surface area (Å²) in [6, 6.07) is 6.23. The fourth-order valence-electron chi connectivity index (χ4n) is 1.58. The monoisotopic (exact) mass is 222 g/mol. The third kappa shape index (κ3) is 2.18. The molecule has 0 radical (unpaired) electrons. The van der Waals surface area contributed by atoms with E-state index in [0.717, 1.165) is 0 Å². The Morgan fingerprint density at radius 3 is 2.81 bits per heavy atom. The highest BCUT2D eigenvalue weighted by atomic mass is 19.1. The molecule has 0 spiro atoms. The Morgan fingerprint density at radius 2 is 2.06 bits per heavy atom. The highest BCUT2D eigenvalue weighted by Crippen LogP contribution is 2.10. The lowest BCUT2D eigenvalue weighted by Gasteiger charge is -2.26. The van der Waals surface area contributed by atoms with Crippen LogP contribution < -0.4 is 5.32 Å². The topological polar surface area (TPSA) is 49.4 Å². The van der Waals surface area contributed by atoms with Crippen LogP contribution in [0.2, 0.25) is 0 Å². The van der Waals surface area contributed by atoms with Crippen molar-refractivity contribution in [1.82, 2.24) is 10.2 Å². The SMILES string of the molecule is O=C1CN(Cc2ccccc2F)C(=O)CN1. The zero-order valence-corrected chi connectivity index (χ0v) is 8.57. The van der Waals surface area contributed by atoms with Crippen LogP contribution in [0, 0.1) is 5.82 Å². The first-order valence-electron chi connectivity index (χ1n) is 4.94.